The Morgan fingerprint density at radius 2 is 2.08 bits per heavy atom. The van der Waals surface area contributed by atoms with Crippen LogP contribution < -0.4 is 10.1 Å². The van der Waals surface area contributed by atoms with E-state index in [-0.39, 0.29) is 19.0 Å². The SMILES string of the molecule is COc1nccn2c(CNC(=O)Cn3ccc4ccccc43)nnc12. The quantitative estimate of drug-likeness (QED) is 0.595. The third-order valence-corrected chi connectivity index (χ3v) is 4.00. The van der Waals surface area contributed by atoms with Gasteiger partial charge in [0.05, 0.1) is 13.7 Å². The van der Waals surface area contributed by atoms with Gasteiger partial charge in [0.1, 0.15) is 6.54 Å². The number of carbonyl (C=O) groups excluding carboxylic acids is 1. The number of hydrogen-bond donors (Lipinski definition) is 1. The maximum atomic E-state index is 12.3. The highest BCUT2D eigenvalue weighted by molar-refractivity contribution is 5.83. The number of ether oxygens (including phenoxy) is 1. The van der Waals surface area contributed by atoms with Crippen LogP contribution in [0, 0.1) is 0 Å². The second-order valence-electron chi connectivity index (χ2n) is 5.53. The number of para-hydroxylation sites is 1. The second kappa shape index (κ2) is 6.23. The van der Waals surface area contributed by atoms with Crippen molar-refractivity contribution in [3.05, 3.63) is 54.7 Å². The molecule has 0 aliphatic rings. The fourth-order valence-corrected chi connectivity index (χ4v) is 2.78. The first-order valence-electron chi connectivity index (χ1n) is 7.79. The maximum Gasteiger partial charge on any atom is 0.260 e. The summed E-state index contributed by atoms with van der Waals surface area (Å²) in [6.07, 6.45) is 5.25. The number of rotatable bonds is 5. The lowest BCUT2D eigenvalue weighted by atomic mass is 10.2. The monoisotopic (exact) mass is 336 g/mol. The lowest BCUT2D eigenvalue weighted by molar-refractivity contribution is -0.121. The van der Waals surface area contributed by atoms with Gasteiger partial charge in [-0.2, -0.15) is 0 Å². The molecule has 0 spiro atoms. The zero-order chi connectivity index (χ0) is 17.2. The molecule has 3 heterocycles. The number of methoxy groups -OCH3 is 1. The molecule has 8 nitrogen and oxygen atoms in total. The highest BCUT2D eigenvalue weighted by Gasteiger charge is 2.12. The Morgan fingerprint density at radius 3 is 2.96 bits per heavy atom. The number of hydrogen-bond acceptors (Lipinski definition) is 5. The van der Waals surface area contributed by atoms with Gasteiger partial charge in [0.2, 0.25) is 11.6 Å². The Balaban J connectivity index is 1.47. The summed E-state index contributed by atoms with van der Waals surface area (Å²) in [6, 6.07) is 9.95. The van der Waals surface area contributed by atoms with Crippen molar-refractivity contribution in [3.63, 3.8) is 0 Å². The van der Waals surface area contributed by atoms with Gasteiger partial charge in [-0.3, -0.25) is 9.20 Å². The van der Waals surface area contributed by atoms with Gasteiger partial charge in [0.25, 0.3) is 5.88 Å². The van der Waals surface area contributed by atoms with Crippen LogP contribution in [0.25, 0.3) is 16.6 Å². The van der Waals surface area contributed by atoms with Crippen LogP contribution in [0.4, 0.5) is 0 Å². The molecule has 0 aliphatic heterocycles. The minimum absolute atomic E-state index is 0.0980. The first-order valence-corrected chi connectivity index (χ1v) is 7.79. The van der Waals surface area contributed by atoms with E-state index in [0.29, 0.717) is 17.4 Å². The molecule has 0 aliphatic carbocycles. The van der Waals surface area contributed by atoms with Crippen molar-refractivity contribution >= 4 is 22.5 Å². The Kier molecular flexibility index (Phi) is 3.77. The van der Waals surface area contributed by atoms with E-state index < -0.39 is 0 Å². The van der Waals surface area contributed by atoms with Gasteiger partial charge >= 0.3 is 0 Å². The highest BCUT2D eigenvalue weighted by atomic mass is 16.5. The number of nitrogens with zero attached hydrogens (tertiary/aromatic N) is 5. The lowest BCUT2D eigenvalue weighted by Gasteiger charge is -2.07. The summed E-state index contributed by atoms with van der Waals surface area (Å²) >= 11 is 0. The van der Waals surface area contributed by atoms with Gasteiger partial charge in [-0.1, -0.05) is 18.2 Å². The second-order valence-corrected chi connectivity index (χ2v) is 5.53. The summed E-state index contributed by atoms with van der Waals surface area (Å²) in [5, 5.41) is 12.1. The van der Waals surface area contributed by atoms with Crippen molar-refractivity contribution in [3.8, 4) is 5.88 Å². The Labute approximate surface area is 143 Å². The molecule has 126 valence electrons. The molecule has 1 aromatic carbocycles. The molecule has 1 N–H and O–H groups in total. The topological polar surface area (TPSA) is 86.3 Å². The van der Waals surface area contributed by atoms with E-state index in [0.717, 1.165) is 10.9 Å². The summed E-state index contributed by atoms with van der Waals surface area (Å²) in [6.45, 7) is 0.515. The molecule has 0 fully saturated rings. The standard InChI is InChI=1S/C17H16N6O2/c1-25-17-16-21-20-14(23(16)9-7-18-17)10-19-15(24)11-22-8-6-12-4-2-3-5-13(12)22/h2-9H,10-11H2,1H3,(H,19,24). The van der Waals surface area contributed by atoms with Crippen molar-refractivity contribution in [1.82, 2.24) is 29.5 Å². The number of nitrogens with one attached hydrogen (secondary N) is 1. The summed E-state index contributed by atoms with van der Waals surface area (Å²) in [5.41, 5.74) is 1.55. The molecule has 8 heteroatoms. The normalized spacial score (nSPS) is 11.1. The molecule has 0 unspecified atom stereocenters. The summed E-state index contributed by atoms with van der Waals surface area (Å²) in [7, 11) is 1.53. The van der Waals surface area contributed by atoms with Crippen molar-refractivity contribution in [2.75, 3.05) is 7.11 Å². The van der Waals surface area contributed by atoms with Crippen LogP contribution in [0.5, 0.6) is 5.88 Å². The van der Waals surface area contributed by atoms with Crippen LogP contribution in [-0.4, -0.2) is 37.2 Å². The van der Waals surface area contributed by atoms with Crippen LogP contribution in [0.2, 0.25) is 0 Å². The summed E-state index contributed by atoms with van der Waals surface area (Å²) in [5.74, 6) is 0.909. The number of fused-ring (bicyclic) bond motifs is 2. The summed E-state index contributed by atoms with van der Waals surface area (Å²) < 4.78 is 8.82. The Bertz CT molecular complexity index is 1050. The number of carbonyl (C=O) groups is 1. The first kappa shape index (κ1) is 15.1. The van der Waals surface area contributed by atoms with Crippen LogP contribution in [-0.2, 0) is 17.9 Å². The van der Waals surface area contributed by atoms with Gasteiger partial charge in [-0.05, 0) is 17.5 Å². The fourth-order valence-electron chi connectivity index (χ4n) is 2.78. The van der Waals surface area contributed by atoms with E-state index >= 15 is 0 Å². The Morgan fingerprint density at radius 1 is 1.20 bits per heavy atom. The van der Waals surface area contributed by atoms with Crippen LogP contribution in [0.1, 0.15) is 5.82 Å². The van der Waals surface area contributed by atoms with Gasteiger partial charge in [-0.25, -0.2) is 4.98 Å². The van der Waals surface area contributed by atoms with E-state index in [1.807, 2.05) is 41.1 Å². The first-order chi connectivity index (χ1) is 12.3. The van der Waals surface area contributed by atoms with E-state index in [9.17, 15) is 4.79 Å². The molecule has 4 rings (SSSR count). The van der Waals surface area contributed by atoms with E-state index in [1.54, 1.807) is 16.8 Å². The smallest absolute Gasteiger partial charge is 0.260 e. The van der Waals surface area contributed by atoms with Gasteiger partial charge in [0, 0.05) is 24.1 Å². The molecule has 0 atom stereocenters. The van der Waals surface area contributed by atoms with Crippen LogP contribution in [0.3, 0.4) is 0 Å². The molecule has 4 aromatic rings. The molecule has 3 aromatic heterocycles. The fraction of sp³-hybridized carbons (Fsp3) is 0.176. The molecule has 0 radical (unpaired) electrons. The molecule has 25 heavy (non-hydrogen) atoms. The number of aromatic nitrogens is 5. The van der Waals surface area contributed by atoms with Crippen LogP contribution in [0.15, 0.2) is 48.9 Å². The summed E-state index contributed by atoms with van der Waals surface area (Å²) in [4.78, 5) is 16.4. The van der Waals surface area contributed by atoms with E-state index in [1.165, 1.54) is 7.11 Å². The van der Waals surface area contributed by atoms with Crippen LogP contribution >= 0.6 is 0 Å². The molecule has 0 saturated heterocycles. The average molecular weight is 336 g/mol. The van der Waals surface area contributed by atoms with Crippen molar-refractivity contribution in [1.29, 1.82) is 0 Å². The van der Waals surface area contributed by atoms with E-state index in [4.69, 9.17) is 4.74 Å². The number of amides is 1. The van der Waals surface area contributed by atoms with Gasteiger partial charge < -0.3 is 14.6 Å². The third kappa shape index (κ3) is 2.78. The predicted molar refractivity (Wildman–Crippen MR) is 91.1 cm³/mol. The van der Waals surface area contributed by atoms with Crippen molar-refractivity contribution in [2.45, 2.75) is 13.1 Å². The molecular weight excluding hydrogens is 320 g/mol. The molecule has 0 bridgehead atoms. The maximum absolute atomic E-state index is 12.3. The van der Waals surface area contributed by atoms with E-state index in [2.05, 4.69) is 20.5 Å². The zero-order valence-corrected chi connectivity index (χ0v) is 13.6. The predicted octanol–water partition coefficient (Wildman–Crippen LogP) is 1.40. The molecule has 1 amide bonds. The average Bonchev–Trinajstić information content (AvgIpc) is 3.24. The van der Waals surface area contributed by atoms with Crippen molar-refractivity contribution in [2.24, 2.45) is 0 Å². The number of benzene rings is 1. The lowest BCUT2D eigenvalue weighted by Crippen LogP contribution is -2.27. The van der Waals surface area contributed by atoms with Crippen molar-refractivity contribution < 1.29 is 9.53 Å². The molecule has 0 saturated carbocycles. The zero-order valence-electron chi connectivity index (χ0n) is 13.6. The molecular formula is C17H16N6O2. The Hall–Kier alpha value is -3.42. The third-order valence-electron chi connectivity index (χ3n) is 4.00. The van der Waals surface area contributed by atoms with Gasteiger partial charge in [0.15, 0.2) is 5.82 Å². The minimum Gasteiger partial charge on any atom is -0.478 e. The highest BCUT2D eigenvalue weighted by Crippen LogP contribution is 2.15. The van der Waals surface area contributed by atoms with Gasteiger partial charge in [-0.15, -0.1) is 10.2 Å². The largest absolute Gasteiger partial charge is 0.478 e. The minimum atomic E-state index is -0.0980.